The third-order valence-corrected chi connectivity index (χ3v) is 2.75. The van der Waals surface area contributed by atoms with Crippen molar-refractivity contribution in [1.29, 1.82) is 0 Å². The number of hydrogen-bond acceptors (Lipinski definition) is 4. The number of ether oxygens (including phenoxy) is 1. The van der Waals surface area contributed by atoms with E-state index in [1.54, 1.807) is 6.92 Å². The first-order valence-corrected chi connectivity index (χ1v) is 6.72. The molecule has 0 saturated heterocycles. The number of nitrogens with one attached hydrogen (secondary N) is 1. The van der Waals surface area contributed by atoms with Gasteiger partial charge in [0.15, 0.2) is 5.88 Å². The monoisotopic (exact) mass is 350 g/mol. The van der Waals surface area contributed by atoms with Crippen molar-refractivity contribution in [3.63, 3.8) is 0 Å². The summed E-state index contributed by atoms with van der Waals surface area (Å²) in [6.45, 7) is 1.73. The van der Waals surface area contributed by atoms with Crippen molar-refractivity contribution in [2.75, 3.05) is 7.05 Å². The van der Waals surface area contributed by atoms with Gasteiger partial charge in [-0.1, -0.05) is 18.5 Å². The highest BCUT2D eigenvalue weighted by Crippen LogP contribution is 2.33. The SMILES string of the molecule is CCC(/C=C(\N)Oc1ncc(C(F)(F)F)cc1Cl)=N\C(=O)NC. The van der Waals surface area contributed by atoms with Crippen LogP contribution in [0.5, 0.6) is 5.88 Å². The van der Waals surface area contributed by atoms with E-state index < -0.39 is 17.8 Å². The van der Waals surface area contributed by atoms with E-state index in [1.165, 1.54) is 13.1 Å². The molecule has 1 aromatic heterocycles. The summed E-state index contributed by atoms with van der Waals surface area (Å²) in [6.07, 6.45) is -2.35. The van der Waals surface area contributed by atoms with Crippen LogP contribution in [0.2, 0.25) is 5.02 Å². The number of nitrogens with two attached hydrogens (primary N) is 1. The van der Waals surface area contributed by atoms with Gasteiger partial charge in [-0.05, 0) is 12.5 Å². The number of pyridine rings is 1. The molecule has 0 fully saturated rings. The highest BCUT2D eigenvalue weighted by atomic mass is 35.5. The third-order valence-electron chi connectivity index (χ3n) is 2.48. The average molecular weight is 351 g/mol. The second kappa shape index (κ2) is 7.82. The van der Waals surface area contributed by atoms with Crippen molar-refractivity contribution in [3.05, 3.63) is 34.8 Å². The maximum Gasteiger partial charge on any atom is 0.417 e. The lowest BCUT2D eigenvalue weighted by molar-refractivity contribution is -0.137. The van der Waals surface area contributed by atoms with Crippen molar-refractivity contribution < 1.29 is 22.7 Å². The van der Waals surface area contributed by atoms with E-state index in [0.29, 0.717) is 24.4 Å². The van der Waals surface area contributed by atoms with Gasteiger partial charge >= 0.3 is 12.2 Å². The first kappa shape index (κ1) is 18.8. The van der Waals surface area contributed by atoms with Gasteiger partial charge in [-0.3, -0.25) is 0 Å². The van der Waals surface area contributed by atoms with Crippen molar-refractivity contribution in [3.8, 4) is 5.88 Å². The van der Waals surface area contributed by atoms with Crippen LogP contribution in [0.3, 0.4) is 0 Å². The summed E-state index contributed by atoms with van der Waals surface area (Å²) in [6, 6.07) is 0.104. The fraction of sp³-hybridized carbons (Fsp3) is 0.308. The molecular formula is C13H14ClF3N4O2. The fourth-order valence-corrected chi connectivity index (χ4v) is 1.57. The van der Waals surface area contributed by atoms with E-state index in [0.717, 1.165) is 0 Å². The first-order chi connectivity index (χ1) is 10.7. The molecule has 0 aliphatic carbocycles. The normalized spacial score (nSPS) is 13.0. The summed E-state index contributed by atoms with van der Waals surface area (Å²) in [4.78, 5) is 18.3. The number of rotatable bonds is 4. The van der Waals surface area contributed by atoms with Crippen LogP contribution in [0.25, 0.3) is 0 Å². The largest absolute Gasteiger partial charge is 0.422 e. The number of urea groups is 1. The zero-order valence-corrected chi connectivity index (χ0v) is 13.0. The van der Waals surface area contributed by atoms with Crippen molar-refractivity contribution in [2.24, 2.45) is 10.7 Å². The minimum absolute atomic E-state index is 0.219. The molecule has 1 rings (SSSR count). The minimum atomic E-state index is -4.56. The first-order valence-electron chi connectivity index (χ1n) is 6.34. The fourth-order valence-electron chi connectivity index (χ4n) is 1.36. The molecule has 0 aliphatic rings. The summed E-state index contributed by atoms with van der Waals surface area (Å²) in [5, 5.41) is 1.96. The molecule has 0 atom stereocenters. The van der Waals surface area contributed by atoms with Gasteiger partial charge in [-0.2, -0.15) is 18.2 Å². The number of aliphatic imine (C=N–C) groups is 1. The number of hydrogen-bond donors (Lipinski definition) is 2. The molecule has 0 aliphatic heterocycles. The Morgan fingerprint density at radius 3 is 2.70 bits per heavy atom. The van der Waals surface area contributed by atoms with Crippen LogP contribution >= 0.6 is 11.6 Å². The number of carbonyl (C=O) groups is 1. The van der Waals surface area contributed by atoms with E-state index in [-0.39, 0.29) is 16.8 Å². The molecule has 0 radical (unpaired) electrons. The molecular weight excluding hydrogens is 337 g/mol. The zero-order chi connectivity index (χ0) is 17.6. The van der Waals surface area contributed by atoms with Crippen LogP contribution in [0, 0.1) is 0 Å². The molecule has 3 N–H and O–H groups in total. The molecule has 1 heterocycles. The zero-order valence-electron chi connectivity index (χ0n) is 12.2. The Balaban J connectivity index is 2.96. The van der Waals surface area contributed by atoms with Crippen LogP contribution in [0.4, 0.5) is 18.0 Å². The Hall–Kier alpha value is -2.29. The lowest BCUT2D eigenvalue weighted by atomic mass is 10.3. The molecule has 126 valence electrons. The number of carbonyl (C=O) groups excluding carboxylic acids is 1. The van der Waals surface area contributed by atoms with E-state index in [9.17, 15) is 18.0 Å². The van der Waals surface area contributed by atoms with Crippen molar-refractivity contribution >= 4 is 23.3 Å². The van der Waals surface area contributed by atoms with Gasteiger partial charge in [0.2, 0.25) is 5.88 Å². The Kier molecular flexibility index (Phi) is 6.38. The van der Waals surface area contributed by atoms with Gasteiger partial charge in [0.05, 0.1) is 11.3 Å². The molecule has 10 heteroatoms. The second-order valence-electron chi connectivity index (χ2n) is 4.17. The predicted molar refractivity (Wildman–Crippen MR) is 79.3 cm³/mol. The second-order valence-corrected chi connectivity index (χ2v) is 4.58. The van der Waals surface area contributed by atoms with Crippen LogP contribution < -0.4 is 15.8 Å². The molecule has 2 amide bonds. The Labute approximate surface area is 135 Å². The minimum Gasteiger partial charge on any atom is -0.422 e. The molecule has 0 aromatic carbocycles. The van der Waals surface area contributed by atoms with Crippen LogP contribution in [0.15, 0.2) is 29.2 Å². The molecule has 0 unspecified atom stereocenters. The van der Waals surface area contributed by atoms with E-state index in [1.807, 2.05) is 0 Å². The molecule has 0 spiro atoms. The quantitative estimate of drug-likeness (QED) is 0.645. The Morgan fingerprint density at radius 1 is 1.57 bits per heavy atom. The Bertz CT molecular complexity index is 645. The number of alkyl halides is 3. The van der Waals surface area contributed by atoms with E-state index in [4.69, 9.17) is 22.1 Å². The highest BCUT2D eigenvalue weighted by Gasteiger charge is 2.31. The maximum atomic E-state index is 12.5. The maximum absolute atomic E-state index is 12.5. The van der Waals surface area contributed by atoms with Gasteiger partial charge in [0, 0.05) is 19.3 Å². The summed E-state index contributed by atoms with van der Waals surface area (Å²) in [5.74, 6) is -0.507. The number of amides is 2. The molecule has 0 saturated carbocycles. The van der Waals surface area contributed by atoms with Crippen LogP contribution in [-0.2, 0) is 6.18 Å². The van der Waals surface area contributed by atoms with Crippen molar-refractivity contribution in [2.45, 2.75) is 19.5 Å². The predicted octanol–water partition coefficient (Wildman–Crippen LogP) is 3.12. The van der Waals surface area contributed by atoms with E-state index >= 15 is 0 Å². The summed E-state index contributed by atoms with van der Waals surface area (Å²) < 4.78 is 42.6. The van der Waals surface area contributed by atoms with E-state index in [2.05, 4.69) is 15.3 Å². The number of allylic oxidation sites excluding steroid dienone is 1. The molecule has 23 heavy (non-hydrogen) atoms. The van der Waals surface area contributed by atoms with Crippen molar-refractivity contribution in [1.82, 2.24) is 10.3 Å². The van der Waals surface area contributed by atoms with Gasteiger partial charge in [0.25, 0.3) is 0 Å². The van der Waals surface area contributed by atoms with Gasteiger partial charge in [-0.15, -0.1) is 0 Å². The van der Waals surface area contributed by atoms with Gasteiger partial charge in [0.1, 0.15) is 5.02 Å². The standard InChI is InChI=1S/C13H14ClF3N4O2/c1-3-8(21-12(22)19-2)5-10(18)23-11-9(14)4-7(6-20-11)13(15,16)17/h4-6H,3,18H2,1-2H3,(H,19,22)/b10-5+,21-8+. The molecule has 1 aromatic rings. The topological polar surface area (TPSA) is 89.6 Å². The smallest absolute Gasteiger partial charge is 0.417 e. The van der Waals surface area contributed by atoms with Crippen LogP contribution in [-0.4, -0.2) is 23.8 Å². The summed E-state index contributed by atoms with van der Waals surface area (Å²) >= 11 is 5.69. The number of aromatic nitrogens is 1. The number of nitrogens with zero attached hydrogens (tertiary/aromatic N) is 2. The lowest BCUT2D eigenvalue weighted by Gasteiger charge is -2.10. The molecule has 0 bridgehead atoms. The highest BCUT2D eigenvalue weighted by molar-refractivity contribution is 6.31. The Morgan fingerprint density at radius 2 is 2.22 bits per heavy atom. The van der Waals surface area contributed by atoms with Crippen LogP contribution in [0.1, 0.15) is 18.9 Å². The molecule has 6 nitrogen and oxygen atoms in total. The van der Waals surface area contributed by atoms with Gasteiger partial charge < -0.3 is 15.8 Å². The lowest BCUT2D eigenvalue weighted by Crippen LogP contribution is -2.16. The van der Waals surface area contributed by atoms with Gasteiger partial charge in [-0.25, -0.2) is 9.78 Å². The summed E-state index contributed by atoms with van der Waals surface area (Å²) in [5.41, 5.74) is 4.90. The number of halogens is 4. The summed E-state index contributed by atoms with van der Waals surface area (Å²) in [7, 11) is 1.41. The average Bonchev–Trinajstić information content (AvgIpc) is 2.47. The third kappa shape index (κ3) is 5.78.